The zero-order valence-electron chi connectivity index (χ0n) is 17.8. The number of unbranched alkanes of at least 4 members (excludes halogenated alkanes) is 1. The summed E-state index contributed by atoms with van der Waals surface area (Å²) >= 11 is 0. The summed E-state index contributed by atoms with van der Waals surface area (Å²) in [4.78, 5) is 6.83. The zero-order valence-corrected chi connectivity index (χ0v) is 20.1. The third-order valence-corrected chi connectivity index (χ3v) is 5.28. The molecule has 1 unspecified atom stereocenters. The van der Waals surface area contributed by atoms with Crippen LogP contribution in [0.4, 0.5) is 0 Å². The first kappa shape index (κ1) is 23.5. The molecule has 1 aromatic heterocycles. The van der Waals surface area contributed by atoms with Gasteiger partial charge in [0.1, 0.15) is 5.75 Å². The average Bonchev–Trinajstić information content (AvgIpc) is 3.36. The molecule has 160 valence electrons. The number of nitrogens with zero attached hydrogens (tertiary/aromatic N) is 4. The minimum atomic E-state index is 0. The van der Waals surface area contributed by atoms with Gasteiger partial charge in [0.25, 0.3) is 0 Å². The Hall–Kier alpha value is -1.77. The van der Waals surface area contributed by atoms with Gasteiger partial charge in [0.05, 0.1) is 12.8 Å². The van der Waals surface area contributed by atoms with Crippen LogP contribution in [0.25, 0.3) is 0 Å². The predicted molar refractivity (Wildman–Crippen MR) is 129 cm³/mol. The van der Waals surface area contributed by atoms with Gasteiger partial charge in [-0.3, -0.25) is 9.67 Å². The second-order valence-corrected chi connectivity index (χ2v) is 7.45. The van der Waals surface area contributed by atoms with Gasteiger partial charge in [-0.15, -0.1) is 24.0 Å². The molecule has 2 aromatic rings. The van der Waals surface area contributed by atoms with Gasteiger partial charge in [-0.1, -0.05) is 25.5 Å². The number of nitrogens with one attached hydrogen (secondary N) is 1. The molecule has 0 bridgehead atoms. The summed E-state index contributed by atoms with van der Waals surface area (Å²) < 4.78 is 7.61. The molecule has 1 atom stereocenters. The van der Waals surface area contributed by atoms with E-state index in [1.54, 1.807) is 0 Å². The molecule has 3 rings (SSSR count). The van der Waals surface area contributed by atoms with Crippen molar-refractivity contribution in [2.24, 2.45) is 12.0 Å². The van der Waals surface area contributed by atoms with Crippen molar-refractivity contribution < 1.29 is 4.74 Å². The molecule has 0 spiro atoms. The summed E-state index contributed by atoms with van der Waals surface area (Å²) in [5, 5.41) is 7.82. The van der Waals surface area contributed by atoms with Crippen LogP contribution in [0.2, 0.25) is 0 Å². The van der Waals surface area contributed by atoms with Gasteiger partial charge in [-0.2, -0.15) is 5.10 Å². The van der Waals surface area contributed by atoms with E-state index < -0.39 is 0 Å². The third-order valence-electron chi connectivity index (χ3n) is 5.28. The monoisotopic (exact) mass is 511 g/mol. The van der Waals surface area contributed by atoms with Gasteiger partial charge >= 0.3 is 0 Å². The maximum Gasteiger partial charge on any atom is 0.193 e. The summed E-state index contributed by atoms with van der Waals surface area (Å²) in [5.41, 5.74) is 2.63. The molecule has 7 heteroatoms. The van der Waals surface area contributed by atoms with Crippen LogP contribution < -0.4 is 10.1 Å². The van der Waals surface area contributed by atoms with Crippen LogP contribution in [-0.2, 0) is 13.5 Å². The first-order chi connectivity index (χ1) is 13.7. The van der Waals surface area contributed by atoms with E-state index in [0.717, 1.165) is 63.6 Å². The van der Waals surface area contributed by atoms with Gasteiger partial charge in [0.2, 0.25) is 0 Å². The summed E-state index contributed by atoms with van der Waals surface area (Å²) in [6.07, 6.45) is 8.48. The Balaban J connectivity index is 0.00000300. The van der Waals surface area contributed by atoms with Crippen LogP contribution in [0, 0.1) is 0 Å². The highest BCUT2D eigenvalue weighted by Crippen LogP contribution is 2.26. The largest absolute Gasteiger partial charge is 0.494 e. The molecular formula is C22H34IN5O. The van der Waals surface area contributed by atoms with E-state index >= 15 is 0 Å². The molecule has 1 aliphatic rings. The van der Waals surface area contributed by atoms with Crippen molar-refractivity contribution in [2.75, 3.05) is 33.3 Å². The predicted octanol–water partition coefficient (Wildman–Crippen LogP) is 3.82. The number of hydrogen-bond donors (Lipinski definition) is 1. The molecule has 29 heavy (non-hydrogen) atoms. The van der Waals surface area contributed by atoms with Crippen molar-refractivity contribution in [1.29, 1.82) is 0 Å². The molecule has 6 nitrogen and oxygen atoms in total. The van der Waals surface area contributed by atoms with E-state index in [1.807, 2.05) is 25.0 Å². The summed E-state index contributed by atoms with van der Waals surface area (Å²) in [6.45, 7) is 5.87. The molecule has 1 fully saturated rings. The Morgan fingerprint density at radius 2 is 2.10 bits per heavy atom. The van der Waals surface area contributed by atoms with Crippen LogP contribution >= 0.6 is 24.0 Å². The number of aromatic nitrogens is 2. The van der Waals surface area contributed by atoms with Gasteiger partial charge < -0.3 is 15.0 Å². The van der Waals surface area contributed by atoms with Gasteiger partial charge in [0, 0.05) is 45.8 Å². The van der Waals surface area contributed by atoms with Crippen LogP contribution in [0.3, 0.4) is 0 Å². The highest BCUT2D eigenvalue weighted by Gasteiger charge is 2.26. The number of aryl methyl sites for hydroxylation is 1. The summed E-state index contributed by atoms with van der Waals surface area (Å²) in [7, 11) is 3.84. The average molecular weight is 511 g/mol. The molecule has 1 aromatic carbocycles. The number of aliphatic imine (C=N–C) groups is 1. The molecule has 0 saturated carbocycles. The second kappa shape index (κ2) is 12.0. The van der Waals surface area contributed by atoms with Crippen LogP contribution in [0.5, 0.6) is 5.75 Å². The summed E-state index contributed by atoms with van der Waals surface area (Å²) in [5.74, 6) is 2.48. The maximum atomic E-state index is 5.73. The number of guanidine groups is 1. The minimum Gasteiger partial charge on any atom is -0.494 e. The third kappa shape index (κ3) is 6.90. The van der Waals surface area contributed by atoms with E-state index in [-0.39, 0.29) is 24.0 Å². The fourth-order valence-electron chi connectivity index (χ4n) is 3.61. The Morgan fingerprint density at radius 3 is 2.76 bits per heavy atom. The van der Waals surface area contributed by atoms with Gasteiger partial charge in [-0.25, -0.2) is 0 Å². The molecular weight excluding hydrogens is 477 g/mol. The van der Waals surface area contributed by atoms with Crippen molar-refractivity contribution in [2.45, 2.75) is 38.5 Å². The molecule has 0 radical (unpaired) electrons. The quantitative estimate of drug-likeness (QED) is 0.254. The fraction of sp³-hybridized carbons (Fsp3) is 0.545. The lowest BCUT2D eigenvalue weighted by atomic mass is 10.0. The lowest BCUT2D eigenvalue weighted by Crippen LogP contribution is -2.40. The highest BCUT2D eigenvalue weighted by atomic mass is 127. The topological polar surface area (TPSA) is 54.7 Å². The molecule has 1 N–H and O–H groups in total. The highest BCUT2D eigenvalue weighted by molar-refractivity contribution is 14.0. The number of benzene rings is 1. The number of ether oxygens (including phenoxy) is 1. The first-order valence-electron chi connectivity index (χ1n) is 10.4. The number of halogens is 1. The van der Waals surface area contributed by atoms with Crippen molar-refractivity contribution in [3.05, 3.63) is 47.8 Å². The second-order valence-electron chi connectivity index (χ2n) is 7.45. The molecule has 2 heterocycles. The van der Waals surface area contributed by atoms with Crippen molar-refractivity contribution >= 4 is 29.9 Å². The van der Waals surface area contributed by atoms with Gasteiger partial charge in [-0.05, 0) is 42.5 Å². The van der Waals surface area contributed by atoms with Gasteiger partial charge in [0.15, 0.2) is 5.96 Å². The van der Waals surface area contributed by atoms with E-state index in [4.69, 9.17) is 4.74 Å². The maximum absolute atomic E-state index is 5.73. The fourth-order valence-corrected chi connectivity index (χ4v) is 3.61. The van der Waals surface area contributed by atoms with Crippen molar-refractivity contribution in [3.8, 4) is 5.75 Å². The first-order valence-corrected chi connectivity index (χ1v) is 10.4. The lowest BCUT2D eigenvalue weighted by molar-refractivity contribution is 0.309. The Kier molecular flexibility index (Phi) is 9.76. The number of likely N-dealkylation sites (tertiary alicyclic amines) is 1. The van der Waals surface area contributed by atoms with E-state index in [0.29, 0.717) is 5.92 Å². The lowest BCUT2D eigenvalue weighted by Gasteiger charge is -2.21. The summed E-state index contributed by atoms with van der Waals surface area (Å²) in [6, 6.07) is 8.44. The molecule has 1 aliphatic heterocycles. The Morgan fingerprint density at radius 1 is 1.31 bits per heavy atom. The zero-order chi connectivity index (χ0) is 19.8. The minimum absolute atomic E-state index is 0. The molecule has 1 saturated heterocycles. The molecule has 0 aliphatic carbocycles. The number of hydrogen-bond acceptors (Lipinski definition) is 3. The Labute approximate surface area is 191 Å². The van der Waals surface area contributed by atoms with E-state index in [2.05, 4.69) is 57.7 Å². The number of rotatable bonds is 8. The molecule has 0 amide bonds. The van der Waals surface area contributed by atoms with Crippen molar-refractivity contribution in [3.63, 3.8) is 0 Å². The Bertz CT molecular complexity index is 759. The van der Waals surface area contributed by atoms with E-state index in [9.17, 15) is 0 Å². The normalized spacial score (nSPS) is 16.6. The van der Waals surface area contributed by atoms with E-state index in [1.165, 1.54) is 11.1 Å². The SMILES string of the molecule is CCCCOc1ccc(CCNC(=NC)N2CCC(c3cnn(C)c3)C2)cc1.I. The smallest absolute Gasteiger partial charge is 0.193 e. The van der Waals surface area contributed by atoms with Crippen LogP contribution in [0.15, 0.2) is 41.7 Å². The standard InChI is InChI=1S/C22H33N5O.HI/c1-4-5-14-28-21-8-6-18(7-9-21)10-12-24-22(23-2)27-13-11-19(17-27)20-15-25-26(3)16-20;/h6-9,15-16,19H,4-5,10-14,17H2,1-3H3,(H,23,24);1H. The van der Waals surface area contributed by atoms with Crippen molar-refractivity contribution in [1.82, 2.24) is 20.0 Å². The van der Waals surface area contributed by atoms with Crippen LogP contribution in [0.1, 0.15) is 43.2 Å². The van der Waals surface area contributed by atoms with Crippen LogP contribution in [-0.4, -0.2) is 53.9 Å².